The second-order valence-corrected chi connectivity index (χ2v) is 1.88. The van der Waals surface area contributed by atoms with Crippen LogP contribution in [0.2, 0.25) is 0 Å². The third kappa shape index (κ3) is 1.54. The molecule has 0 N–H and O–H groups in total. The van der Waals surface area contributed by atoms with Gasteiger partial charge in [-0.3, -0.25) is 4.42 Å². The number of carbonyl (C=O) groups excluding carboxylic acids is 1. The number of allylic oxidation sites excluding steroid dienone is 2. The summed E-state index contributed by atoms with van der Waals surface area (Å²) in [5.41, 5.74) is 0. The third-order valence-electron chi connectivity index (χ3n) is 1.30. The van der Waals surface area contributed by atoms with Crippen molar-refractivity contribution in [2.45, 2.75) is 0 Å². The molecular formula is C8H10O2+. The van der Waals surface area contributed by atoms with Gasteiger partial charge in [0.15, 0.2) is 0 Å². The molecule has 0 spiro atoms. The highest BCUT2D eigenvalue weighted by Gasteiger charge is 2.09. The molecule has 0 saturated carbocycles. The Morgan fingerprint density at radius 3 is 2.20 bits per heavy atom. The zero-order valence-corrected chi connectivity index (χ0v) is 6.13. The number of ether oxygens (including phenoxy) is 1. The van der Waals surface area contributed by atoms with Gasteiger partial charge in [0.05, 0.1) is 0 Å². The van der Waals surface area contributed by atoms with E-state index in [2.05, 4.69) is 0 Å². The first-order valence-corrected chi connectivity index (χ1v) is 3.05. The average molecular weight is 138 g/mol. The molecule has 2 heteroatoms. The van der Waals surface area contributed by atoms with Crippen LogP contribution < -0.4 is 0 Å². The van der Waals surface area contributed by atoms with Gasteiger partial charge in [0.25, 0.3) is 7.11 Å². The Hall–Kier alpha value is -0.890. The van der Waals surface area contributed by atoms with Gasteiger partial charge < -0.3 is 4.74 Å². The highest BCUT2D eigenvalue weighted by atomic mass is 16.5. The fraction of sp³-hybridized carbons (Fsp3) is 0.250. The summed E-state index contributed by atoms with van der Waals surface area (Å²) in [6.07, 6.45) is 8.29. The average Bonchev–Trinajstić information content (AvgIpc) is 2.05. The van der Waals surface area contributed by atoms with Crippen LogP contribution in [0.1, 0.15) is 0 Å². The Labute approximate surface area is 60.5 Å². The summed E-state index contributed by atoms with van der Waals surface area (Å²) >= 11 is 0. The van der Waals surface area contributed by atoms with E-state index in [0.29, 0.717) is 0 Å². The van der Waals surface area contributed by atoms with Crippen LogP contribution in [0.15, 0.2) is 24.3 Å². The van der Waals surface area contributed by atoms with Gasteiger partial charge in [-0.1, -0.05) is 0 Å². The first-order valence-electron chi connectivity index (χ1n) is 3.05. The summed E-state index contributed by atoms with van der Waals surface area (Å²) in [5, 5.41) is 0. The molecule has 1 aliphatic carbocycles. The Morgan fingerprint density at radius 2 is 1.80 bits per heavy atom. The summed E-state index contributed by atoms with van der Waals surface area (Å²) in [4.78, 5) is 0. The highest BCUT2D eigenvalue weighted by molar-refractivity contribution is 6.01. The number of methoxy groups -OCH3 is 1. The smallest absolute Gasteiger partial charge is 0.342 e. The van der Waals surface area contributed by atoms with Crippen LogP contribution in [-0.2, 0) is 9.16 Å². The zero-order valence-electron chi connectivity index (χ0n) is 6.13. The SMILES string of the molecule is CO[C]1C=CC(=[O+]C)C=C1. The first-order chi connectivity index (χ1) is 4.86. The van der Waals surface area contributed by atoms with Crippen LogP contribution in [0.3, 0.4) is 0 Å². The largest absolute Gasteiger partial charge is 0.366 e. The van der Waals surface area contributed by atoms with Crippen LogP contribution in [0.5, 0.6) is 0 Å². The molecule has 0 amide bonds. The summed E-state index contributed by atoms with van der Waals surface area (Å²) in [7, 11) is 3.28. The zero-order chi connectivity index (χ0) is 7.40. The van der Waals surface area contributed by atoms with E-state index in [4.69, 9.17) is 9.16 Å². The van der Waals surface area contributed by atoms with Gasteiger partial charge >= 0.3 is 5.78 Å². The van der Waals surface area contributed by atoms with Crippen molar-refractivity contribution in [3.05, 3.63) is 30.4 Å². The minimum atomic E-state index is 0.848. The Kier molecular flexibility index (Phi) is 2.40. The normalized spacial score (nSPS) is 18.0. The van der Waals surface area contributed by atoms with Gasteiger partial charge in [-0.05, 0) is 12.2 Å². The van der Waals surface area contributed by atoms with Crippen LogP contribution in [0.4, 0.5) is 0 Å². The molecule has 0 fully saturated rings. The topological polar surface area (TPSA) is 20.5 Å². The lowest BCUT2D eigenvalue weighted by Gasteiger charge is -2.02. The predicted molar refractivity (Wildman–Crippen MR) is 39.5 cm³/mol. The second kappa shape index (κ2) is 3.32. The van der Waals surface area contributed by atoms with E-state index in [1.54, 1.807) is 14.2 Å². The lowest BCUT2D eigenvalue weighted by molar-refractivity contribution is -0.417. The van der Waals surface area contributed by atoms with E-state index in [-0.39, 0.29) is 0 Å². The monoisotopic (exact) mass is 138 g/mol. The van der Waals surface area contributed by atoms with Crippen molar-refractivity contribution in [1.82, 2.24) is 0 Å². The van der Waals surface area contributed by atoms with Crippen molar-refractivity contribution < 1.29 is 9.16 Å². The lowest BCUT2D eigenvalue weighted by Crippen LogP contribution is -2.01. The summed E-state index contributed by atoms with van der Waals surface area (Å²) in [6, 6.07) is 0. The quantitative estimate of drug-likeness (QED) is 0.495. The molecule has 0 aromatic carbocycles. The van der Waals surface area contributed by atoms with E-state index in [1.165, 1.54) is 0 Å². The fourth-order valence-electron chi connectivity index (χ4n) is 0.712. The van der Waals surface area contributed by atoms with E-state index in [0.717, 1.165) is 11.9 Å². The standard InChI is InChI=1S/C8H10O2/c1-9-7-3-5-8(10-2)6-4-7/h3-6H,1-2H3/q+1. The minimum absolute atomic E-state index is 0.848. The maximum absolute atomic E-state index is 4.96. The van der Waals surface area contributed by atoms with Crippen molar-refractivity contribution in [3.63, 3.8) is 0 Å². The molecule has 0 unspecified atom stereocenters. The van der Waals surface area contributed by atoms with Gasteiger partial charge in [0.1, 0.15) is 6.10 Å². The van der Waals surface area contributed by atoms with E-state index >= 15 is 0 Å². The van der Waals surface area contributed by atoms with Crippen LogP contribution >= 0.6 is 0 Å². The number of rotatable bonds is 1. The molecule has 1 aliphatic rings. The second-order valence-electron chi connectivity index (χ2n) is 1.88. The molecule has 0 atom stereocenters. The van der Waals surface area contributed by atoms with E-state index in [9.17, 15) is 0 Å². The maximum Gasteiger partial charge on any atom is 0.342 e. The van der Waals surface area contributed by atoms with E-state index in [1.807, 2.05) is 24.3 Å². The number of ketones is 1. The maximum atomic E-state index is 4.96. The van der Waals surface area contributed by atoms with Crippen molar-refractivity contribution in [2.24, 2.45) is 0 Å². The molecule has 10 heavy (non-hydrogen) atoms. The summed E-state index contributed by atoms with van der Waals surface area (Å²) < 4.78 is 9.92. The highest BCUT2D eigenvalue weighted by Crippen LogP contribution is 2.09. The molecule has 0 bridgehead atoms. The Morgan fingerprint density at radius 1 is 1.20 bits per heavy atom. The van der Waals surface area contributed by atoms with E-state index < -0.39 is 0 Å². The van der Waals surface area contributed by atoms with Gasteiger partial charge in [-0.2, -0.15) is 0 Å². The van der Waals surface area contributed by atoms with Crippen molar-refractivity contribution in [2.75, 3.05) is 14.2 Å². The fourth-order valence-corrected chi connectivity index (χ4v) is 0.712. The van der Waals surface area contributed by atoms with Crippen molar-refractivity contribution in [1.29, 1.82) is 0 Å². The summed E-state index contributed by atoms with van der Waals surface area (Å²) in [5.74, 6) is 0.848. The molecule has 0 aromatic rings. The molecular weight excluding hydrogens is 128 g/mol. The first kappa shape index (κ1) is 7.22. The summed E-state index contributed by atoms with van der Waals surface area (Å²) in [6.45, 7) is 0. The van der Waals surface area contributed by atoms with Crippen molar-refractivity contribution in [3.8, 4) is 0 Å². The van der Waals surface area contributed by atoms with Crippen LogP contribution in [-0.4, -0.2) is 20.0 Å². The molecule has 0 aliphatic heterocycles. The van der Waals surface area contributed by atoms with Crippen LogP contribution in [0.25, 0.3) is 0 Å². The molecule has 0 saturated heterocycles. The van der Waals surface area contributed by atoms with Gasteiger partial charge in [-0.15, -0.1) is 0 Å². The lowest BCUT2D eigenvalue weighted by atomic mass is 10.1. The Bertz CT molecular complexity index is 173. The molecule has 1 rings (SSSR count). The Balaban J connectivity index is 2.62. The molecule has 0 heterocycles. The van der Waals surface area contributed by atoms with Gasteiger partial charge in [-0.25, -0.2) is 0 Å². The third-order valence-corrected chi connectivity index (χ3v) is 1.30. The number of hydrogen-bond acceptors (Lipinski definition) is 1. The molecule has 0 aromatic heterocycles. The van der Waals surface area contributed by atoms with Gasteiger partial charge in [0.2, 0.25) is 0 Å². The van der Waals surface area contributed by atoms with Gasteiger partial charge in [0, 0.05) is 19.3 Å². The molecule has 53 valence electrons. The molecule has 1 radical (unpaired) electrons. The molecule has 2 nitrogen and oxygen atoms in total. The van der Waals surface area contributed by atoms with Crippen LogP contribution in [0, 0.1) is 6.10 Å². The van der Waals surface area contributed by atoms with Crippen molar-refractivity contribution >= 4 is 5.78 Å². The minimum Gasteiger partial charge on any atom is -0.366 e. The predicted octanol–water partition coefficient (Wildman–Crippen LogP) is 1.03. The number of hydrogen-bond donors (Lipinski definition) is 0.